The lowest BCUT2D eigenvalue weighted by molar-refractivity contribution is -0.137. The molecule has 158 valence electrons. The van der Waals surface area contributed by atoms with Crippen LogP contribution in [0.2, 0.25) is 0 Å². The van der Waals surface area contributed by atoms with Crippen molar-refractivity contribution < 1.29 is 19.1 Å². The first kappa shape index (κ1) is 19.3. The summed E-state index contributed by atoms with van der Waals surface area (Å²) in [6.45, 7) is 2.26. The number of aromatic amines is 1. The monoisotopic (exact) mass is 409 g/mol. The minimum absolute atomic E-state index is 0.0266. The highest BCUT2D eigenvalue weighted by Crippen LogP contribution is 2.51. The van der Waals surface area contributed by atoms with Gasteiger partial charge in [-0.3, -0.25) is 9.59 Å². The molecule has 0 aliphatic carbocycles. The van der Waals surface area contributed by atoms with Crippen LogP contribution in [0.5, 0.6) is 0 Å². The largest absolute Gasteiger partial charge is 0.385 e. The molecule has 7 heteroatoms. The number of hydrogen-bond donors (Lipinski definition) is 2. The van der Waals surface area contributed by atoms with Crippen LogP contribution >= 0.6 is 0 Å². The van der Waals surface area contributed by atoms with Gasteiger partial charge in [0.25, 0.3) is 0 Å². The Labute approximate surface area is 175 Å². The van der Waals surface area contributed by atoms with E-state index < -0.39 is 17.4 Å². The van der Waals surface area contributed by atoms with Crippen molar-refractivity contribution in [3.05, 3.63) is 48.2 Å². The molecule has 3 aliphatic rings. The van der Waals surface area contributed by atoms with Gasteiger partial charge in [0.05, 0.1) is 24.5 Å². The fourth-order valence-electron chi connectivity index (χ4n) is 5.21. The number of nitrogens with zero attached hydrogens (tertiary/aromatic N) is 1. The number of fused-ring (bicyclic) bond motifs is 2. The number of hydrogen-bond acceptors (Lipinski definition) is 4. The lowest BCUT2D eigenvalue weighted by atomic mass is 9.77. The van der Waals surface area contributed by atoms with E-state index in [-0.39, 0.29) is 17.9 Å². The zero-order valence-electron chi connectivity index (χ0n) is 17.1. The van der Waals surface area contributed by atoms with Crippen molar-refractivity contribution in [1.29, 1.82) is 0 Å². The molecule has 30 heavy (non-hydrogen) atoms. The number of nitrogens with one attached hydrogen (secondary N) is 2. The Morgan fingerprint density at radius 2 is 2.27 bits per heavy atom. The molecule has 4 heterocycles. The first-order chi connectivity index (χ1) is 14.6. The number of carbonyl (C=O) groups excluding carboxylic acids is 2. The Kier molecular flexibility index (Phi) is 4.87. The molecule has 1 aromatic carbocycles. The second kappa shape index (κ2) is 7.56. The third-order valence-electron chi connectivity index (χ3n) is 6.63. The van der Waals surface area contributed by atoms with E-state index in [4.69, 9.17) is 9.47 Å². The average molecular weight is 409 g/mol. The summed E-state index contributed by atoms with van der Waals surface area (Å²) in [4.78, 5) is 31.3. The summed E-state index contributed by atoms with van der Waals surface area (Å²) in [6.07, 6.45) is 7.17. The molecule has 0 saturated carbocycles. The Hall–Kier alpha value is -2.64. The van der Waals surface area contributed by atoms with Crippen LogP contribution in [0.15, 0.2) is 42.6 Å². The number of aromatic nitrogens is 1. The van der Waals surface area contributed by atoms with E-state index in [2.05, 4.69) is 22.4 Å². The molecule has 2 amide bonds. The maximum Gasteiger partial charge on any atom is 0.230 e. The quantitative estimate of drug-likeness (QED) is 0.513. The number of H-pyrrole nitrogens is 1. The molecular weight excluding hydrogens is 382 g/mol. The second-order valence-corrected chi connectivity index (χ2v) is 8.41. The first-order valence-electron chi connectivity index (χ1n) is 10.6. The van der Waals surface area contributed by atoms with E-state index in [0.29, 0.717) is 26.2 Å². The Morgan fingerprint density at radius 3 is 3.13 bits per heavy atom. The number of para-hydroxylation sites is 1. The fraction of sp³-hybridized carbons (Fsp3) is 0.478. The summed E-state index contributed by atoms with van der Waals surface area (Å²) in [5.74, 6) is -0.959. The lowest BCUT2D eigenvalue weighted by Crippen LogP contribution is -2.44. The zero-order chi connectivity index (χ0) is 20.7. The number of rotatable bonds is 8. The molecule has 3 aliphatic heterocycles. The molecule has 2 saturated heterocycles. The summed E-state index contributed by atoms with van der Waals surface area (Å²) in [5, 5.41) is 4.14. The van der Waals surface area contributed by atoms with E-state index in [1.807, 2.05) is 35.4 Å². The highest BCUT2D eigenvalue weighted by atomic mass is 16.5. The molecule has 5 rings (SSSR count). The van der Waals surface area contributed by atoms with Crippen LogP contribution in [0.25, 0.3) is 10.9 Å². The maximum absolute atomic E-state index is 13.3. The summed E-state index contributed by atoms with van der Waals surface area (Å²) >= 11 is 0. The Bertz CT molecular complexity index is 999. The van der Waals surface area contributed by atoms with Crippen LogP contribution < -0.4 is 5.32 Å². The van der Waals surface area contributed by atoms with Crippen molar-refractivity contribution in [2.24, 2.45) is 11.8 Å². The van der Waals surface area contributed by atoms with Crippen molar-refractivity contribution in [3.63, 3.8) is 0 Å². The van der Waals surface area contributed by atoms with Crippen LogP contribution in [-0.2, 0) is 25.5 Å². The Balaban J connectivity index is 1.27. The smallest absolute Gasteiger partial charge is 0.230 e. The van der Waals surface area contributed by atoms with Crippen LogP contribution in [0, 0.1) is 11.8 Å². The van der Waals surface area contributed by atoms with E-state index in [1.54, 1.807) is 7.11 Å². The Morgan fingerprint density at radius 1 is 1.40 bits per heavy atom. The minimum Gasteiger partial charge on any atom is -0.385 e. The fourth-order valence-corrected chi connectivity index (χ4v) is 5.21. The van der Waals surface area contributed by atoms with Crippen LogP contribution in [0.1, 0.15) is 12.0 Å². The maximum atomic E-state index is 13.3. The van der Waals surface area contributed by atoms with E-state index >= 15 is 0 Å². The zero-order valence-corrected chi connectivity index (χ0v) is 17.1. The number of amides is 2. The third kappa shape index (κ3) is 3.04. The van der Waals surface area contributed by atoms with Gasteiger partial charge in [-0.15, -0.1) is 0 Å². The molecule has 1 aromatic heterocycles. The lowest BCUT2D eigenvalue weighted by Gasteiger charge is -2.23. The molecule has 0 radical (unpaired) electrons. The van der Waals surface area contributed by atoms with Crippen molar-refractivity contribution in [3.8, 4) is 0 Å². The molecule has 2 aromatic rings. The standard InChI is InChI=1S/C23H27N3O4/c1-29-12-4-10-24-21(27)19-18-7-9-23(30-18)14-26(22(28)20(19)23)11-8-15-13-25-17-6-3-2-5-16(15)17/h2-3,5-7,9,13,18-20,25H,4,8,10-12,14H2,1H3,(H,24,27)/t18-,19-,20-,23-/m1/s1. The normalized spacial score (nSPS) is 29.2. The predicted octanol–water partition coefficient (Wildman–Crippen LogP) is 1.65. The molecule has 7 nitrogen and oxygen atoms in total. The van der Waals surface area contributed by atoms with Gasteiger partial charge in [0.2, 0.25) is 11.8 Å². The van der Waals surface area contributed by atoms with Crippen molar-refractivity contribution in [1.82, 2.24) is 15.2 Å². The van der Waals surface area contributed by atoms with Gasteiger partial charge in [0.15, 0.2) is 0 Å². The number of carbonyl (C=O) groups is 2. The highest BCUT2D eigenvalue weighted by molar-refractivity contribution is 5.93. The SMILES string of the molecule is COCCCNC(=O)[C@@H]1[C@H]2C=C[C@]3(CN(CCc4c[nH]c5ccccc45)C(=O)[C@@H]13)O2. The summed E-state index contributed by atoms with van der Waals surface area (Å²) in [7, 11) is 1.64. The van der Waals surface area contributed by atoms with Crippen LogP contribution in [0.3, 0.4) is 0 Å². The molecule has 4 atom stereocenters. The number of likely N-dealkylation sites (tertiary alicyclic amines) is 1. The molecular formula is C23H27N3O4. The minimum atomic E-state index is -0.656. The van der Waals surface area contributed by atoms with Gasteiger partial charge in [-0.2, -0.15) is 0 Å². The average Bonchev–Trinajstić information content (AvgIpc) is 3.49. The third-order valence-corrected chi connectivity index (χ3v) is 6.63. The highest BCUT2D eigenvalue weighted by Gasteiger charge is 2.66. The van der Waals surface area contributed by atoms with Crippen LogP contribution in [-0.4, -0.2) is 66.8 Å². The van der Waals surface area contributed by atoms with Gasteiger partial charge in [0, 0.05) is 43.9 Å². The predicted molar refractivity (Wildman–Crippen MR) is 112 cm³/mol. The molecule has 2 fully saturated rings. The van der Waals surface area contributed by atoms with E-state index in [9.17, 15) is 9.59 Å². The van der Waals surface area contributed by atoms with Crippen molar-refractivity contribution in [2.75, 3.05) is 33.4 Å². The van der Waals surface area contributed by atoms with E-state index in [1.165, 1.54) is 10.9 Å². The van der Waals surface area contributed by atoms with Gasteiger partial charge in [-0.25, -0.2) is 0 Å². The van der Waals surface area contributed by atoms with Gasteiger partial charge in [-0.1, -0.05) is 30.4 Å². The second-order valence-electron chi connectivity index (χ2n) is 8.41. The molecule has 2 N–H and O–H groups in total. The molecule has 0 unspecified atom stereocenters. The summed E-state index contributed by atoms with van der Waals surface area (Å²) in [5.41, 5.74) is 1.64. The van der Waals surface area contributed by atoms with Crippen molar-refractivity contribution in [2.45, 2.75) is 24.5 Å². The first-order valence-corrected chi connectivity index (χ1v) is 10.6. The number of benzene rings is 1. The van der Waals surface area contributed by atoms with E-state index in [0.717, 1.165) is 18.4 Å². The summed E-state index contributed by atoms with van der Waals surface area (Å²) < 4.78 is 11.2. The molecule has 2 bridgehead atoms. The van der Waals surface area contributed by atoms with Crippen molar-refractivity contribution >= 4 is 22.7 Å². The van der Waals surface area contributed by atoms with Gasteiger partial charge < -0.3 is 24.7 Å². The van der Waals surface area contributed by atoms with Crippen LogP contribution in [0.4, 0.5) is 0 Å². The summed E-state index contributed by atoms with van der Waals surface area (Å²) in [6, 6.07) is 8.18. The number of ether oxygens (including phenoxy) is 2. The van der Waals surface area contributed by atoms with Gasteiger partial charge in [-0.05, 0) is 24.5 Å². The number of methoxy groups -OCH3 is 1. The molecule has 1 spiro atoms. The topological polar surface area (TPSA) is 83.7 Å². The van der Waals surface area contributed by atoms with Gasteiger partial charge in [0.1, 0.15) is 5.60 Å². The van der Waals surface area contributed by atoms with Gasteiger partial charge >= 0.3 is 0 Å².